The summed E-state index contributed by atoms with van der Waals surface area (Å²) in [5.74, 6) is -0.295. The molecule has 10 heteroatoms. The highest BCUT2D eigenvalue weighted by Crippen LogP contribution is 2.32. The lowest BCUT2D eigenvalue weighted by Crippen LogP contribution is -2.33. The number of aromatic nitrogens is 3. The number of nitrogens with one attached hydrogen (secondary N) is 1. The SMILES string of the molecule is O=c1[nH]c2scc(-c3ccc(-c4ccc(OC(F)(F)F)cc4)cc3)c2c(=O)n1-c1cccnc1. The summed E-state index contributed by atoms with van der Waals surface area (Å²) in [6.07, 6.45) is -1.75. The summed E-state index contributed by atoms with van der Waals surface area (Å²) in [5.41, 5.74) is 2.27. The Morgan fingerprint density at radius 3 is 2.18 bits per heavy atom. The van der Waals surface area contributed by atoms with Crippen LogP contribution < -0.4 is 16.0 Å². The fraction of sp³-hybridized carbons (Fsp3) is 0.0417. The largest absolute Gasteiger partial charge is 0.573 e. The smallest absolute Gasteiger partial charge is 0.406 e. The maximum atomic E-state index is 13.3. The van der Waals surface area contributed by atoms with Crippen molar-refractivity contribution in [2.75, 3.05) is 0 Å². The van der Waals surface area contributed by atoms with Crippen LogP contribution in [-0.2, 0) is 0 Å². The molecular formula is C24H14F3N3O3S. The zero-order chi connectivity index (χ0) is 23.9. The average molecular weight is 481 g/mol. The topological polar surface area (TPSA) is 77.0 Å². The standard InChI is InChI=1S/C24H14F3N3O3S/c25-24(26,27)33-18-9-7-15(8-10-18)14-3-5-16(6-4-14)19-13-34-21-20(19)22(31)30(23(32)29-21)17-2-1-11-28-12-17/h1-13H,(H,29,32). The average Bonchev–Trinajstić information content (AvgIpc) is 3.23. The summed E-state index contributed by atoms with van der Waals surface area (Å²) in [4.78, 5) is 33.0. The van der Waals surface area contributed by atoms with Gasteiger partial charge in [-0.1, -0.05) is 36.4 Å². The van der Waals surface area contributed by atoms with E-state index in [2.05, 4.69) is 14.7 Å². The zero-order valence-electron chi connectivity index (χ0n) is 17.2. The number of halogens is 3. The first-order valence-corrected chi connectivity index (χ1v) is 10.8. The van der Waals surface area contributed by atoms with Gasteiger partial charge in [-0.3, -0.25) is 14.8 Å². The van der Waals surface area contributed by atoms with Gasteiger partial charge in [0.15, 0.2) is 0 Å². The van der Waals surface area contributed by atoms with Gasteiger partial charge in [-0.25, -0.2) is 9.36 Å². The second-order valence-electron chi connectivity index (χ2n) is 7.28. The second-order valence-corrected chi connectivity index (χ2v) is 8.16. The Morgan fingerprint density at radius 2 is 1.56 bits per heavy atom. The van der Waals surface area contributed by atoms with Crippen LogP contribution in [0, 0.1) is 0 Å². The number of alkyl halides is 3. The fourth-order valence-electron chi connectivity index (χ4n) is 3.64. The van der Waals surface area contributed by atoms with Gasteiger partial charge < -0.3 is 4.74 Å². The molecule has 0 saturated heterocycles. The number of thiophene rings is 1. The molecule has 6 nitrogen and oxygen atoms in total. The normalized spacial score (nSPS) is 11.6. The van der Waals surface area contributed by atoms with Crippen LogP contribution in [0.5, 0.6) is 5.75 Å². The summed E-state index contributed by atoms with van der Waals surface area (Å²) in [6.45, 7) is 0. The van der Waals surface area contributed by atoms with Crippen LogP contribution in [0.1, 0.15) is 0 Å². The van der Waals surface area contributed by atoms with Crippen molar-refractivity contribution in [2.24, 2.45) is 0 Å². The number of rotatable bonds is 4. The van der Waals surface area contributed by atoms with E-state index in [4.69, 9.17) is 0 Å². The molecule has 0 radical (unpaired) electrons. The van der Waals surface area contributed by atoms with Gasteiger partial charge in [0.2, 0.25) is 0 Å². The van der Waals surface area contributed by atoms with Gasteiger partial charge >= 0.3 is 12.1 Å². The molecule has 0 bridgehead atoms. The first-order valence-electron chi connectivity index (χ1n) is 9.94. The molecule has 5 rings (SSSR count). The van der Waals surface area contributed by atoms with Gasteiger partial charge in [0.1, 0.15) is 10.6 Å². The number of benzene rings is 2. The quantitative estimate of drug-likeness (QED) is 0.375. The van der Waals surface area contributed by atoms with Crippen molar-refractivity contribution in [1.29, 1.82) is 0 Å². The zero-order valence-corrected chi connectivity index (χ0v) is 18.0. The van der Waals surface area contributed by atoms with Crippen molar-refractivity contribution >= 4 is 21.6 Å². The van der Waals surface area contributed by atoms with E-state index in [0.29, 0.717) is 27.0 Å². The fourth-order valence-corrected chi connectivity index (χ4v) is 4.59. The molecule has 0 spiro atoms. The van der Waals surface area contributed by atoms with Crippen molar-refractivity contribution in [1.82, 2.24) is 14.5 Å². The molecule has 170 valence electrons. The number of aromatic amines is 1. The molecule has 0 amide bonds. The van der Waals surface area contributed by atoms with Crippen molar-refractivity contribution in [3.63, 3.8) is 0 Å². The maximum absolute atomic E-state index is 13.3. The Morgan fingerprint density at radius 1 is 0.912 bits per heavy atom. The van der Waals surface area contributed by atoms with Crippen molar-refractivity contribution in [2.45, 2.75) is 6.36 Å². The van der Waals surface area contributed by atoms with E-state index < -0.39 is 17.6 Å². The van der Waals surface area contributed by atoms with Crippen LogP contribution in [0.25, 0.3) is 38.2 Å². The monoisotopic (exact) mass is 481 g/mol. The first-order chi connectivity index (χ1) is 16.3. The number of ether oxygens (including phenoxy) is 1. The maximum Gasteiger partial charge on any atom is 0.573 e. The van der Waals surface area contributed by atoms with Crippen LogP contribution in [0.2, 0.25) is 0 Å². The van der Waals surface area contributed by atoms with E-state index in [9.17, 15) is 22.8 Å². The number of nitrogens with zero attached hydrogens (tertiary/aromatic N) is 2. The molecule has 0 unspecified atom stereocenters. The molecule has 0 aliphatic rings. The van der Waals surface area contributed by atoms with Crippen LogP contribution in [0.4, 0.5) is 13.2 Å². The molecule has 0 aliphatic heterocycles. The van der Waals surface area contributed by atoms with E-state index in [1.54, 1.807) is 23.7 Å². The molecular weight excluding hydrogens is 467 g/mol. The molecule has 0 saturated carbocycles. The predicted octanol–water partition coefficient (Wildman–Crippen LogP) is 5.37. The van der Waals surface area contributed by atoms with Crippen LogP contribution >= 0.6 is 11.3 Å². The Bertz CT molecular complexity index is 1590. The van der Waals surface area contributed by atoms with E-state index in [-0.39, 0.29) is 5.75 Å². The summed E-state index contributed by atoms with van der Waals surface area (Å²) in [6, 6.07) is 16.1. The number of hydrogen-bond donors (Lipinski definition) is 1. The first kappa shape index (κ1) is 21.7. The Hall–Kier alpha value is -4.18. The van der Waals surface area contributed by atoms with Crippen molar-refractivity contribution in [3.05, 3.63) is 99.3 Å². The summed E-state index contributed by atoms with van der Waals surface area (Å²) < 4.78 is 42.0. The molecule has 3 aromatic heterocycles. The lowest BCUT2D eigenvalue weighted by Gasteiger charge is -2.10. The molecule has 1 N–H and O–H groups in total. The minimum atomic E-state index is -4.74. The third kappa shape index (κ3) is 4.11. The van der Waals surface area contributed by atoms with E-state index in [0.717, 1.165) is 15.7 Å². The number of H-pyrrole nitrogens is 1. The van der Waals surface area contributed by atoms with Gasteiger partial charge in [-0.15, -0.1) is 24.5 Å². The van der Waals surface area contributed by atoms with Gasteiger partial charge in [-0.05, 0) is 41.0 Å². The summed E-state index contributed by atoms with van der Waals surface area (Å²) in [5, 5.41) is 2.18. The van der Waals surface area contributed by atoms with Crippen LogP contribution in [0.3, 0.4) is 0 Å². The Kier molecular flexibility index (Phi) is 5.29. The third-order valence-electron chi connectivity index (χ3n) is 5.15. The predicted molar refractivity (Wildman–Crippen MR) is 123 cm³/mol. The molecule has 2 aromatic carbocycles. The minimum absolute atomic E-state index is 0.295. The molecule has 0 aliphatic carbocycles. The number of hydrogen-bond acceptors (Lipinski definition) is 5. The molecule has 3 heterocycles. The summed E-state index contributed by atoms with van der Waals surface area (Å²) >= 11 is 1.26. The lowest BCUT2D eigenvalue weighted by molar-refractivity contribution is -0.274. The highest BCUT2D eigenvalue weighted by molar-refractivity contribution is 7.17. The van der Waals surface area contributed by atoms with Gasteiger partial charge in [0.25, 0.3) is 5.56 Å². The molecule has 0 atom stereocenters. The van der Waals surface area contributed by atoms with E-state index in [1.807, 2.05) is 24.3 Å². The third-order valence-corrected chi connectivity index (χ3v) is 6.05. The lowest BCUT2D eigenvalue weighted by atomic mass is 10.0. The van der Waals surface area contributed by atoms with Crippen LogP contribution in [-0.4, -0.2) is 20.9 Å². The molecule has 34 heavy (non-hydrogen) atoms. The highest BCUT2D eigenvalue weighted by atomic mass is 32.1. The summed E-state index contributed by atoms with van der Waals surface area (Å²) in [7, 11) is 0. The van der Waals surface area contributed by atoms with E-state index in [1.165, 1.54) is 41.8 Å². The number of pyridine rings is 1. The van der Waals surface area contributed by atoms with Gasteiger partial charge in [0, 0.05) is 17.1 Å². The van der Waals surface area contributed by atoms with E-state index >= 15 is 0 Å². The molecule has 0 fully saturated rings. The van der Waals surface area contributed by atoms with Crippen LogP contribution in [0.15, 0.2) is 88.0 Å². The Labute approximate surface area is 193 Å². The Balaban J connectivity index is 1.52. The van der Waals surface area contributed by atoms with Gasteiger partial charge in [-0.2, -0.15) is 0 Å². The van der Waals surface area contributed by atoms with Crippen molar-refractivity contribution < 1.29 is 17.9 Å². The second kappa shape index (κ2) is 8.31. The number of fused-ring (bicyclic) bond motifs is 1. The molecule has 5 aromatic rings. The van der Waals surface area contributed by atoms with Gasteiger partial charge in [0.05, 0.1) is 17.3 Å². The minimum Gasteiger partial charge on any atom is -0.406 e. The highest BCUT2D eigenvalue weighted by Gasteiger charge is 2.31. The van der Waals surface area contributed by atoms with Crippen molar-refractivity contribution in [3.8, 4) is 33.7 Å².